The van der Waals surface area contributed by atoms with Crippen LogP contribution in [0.25, 0.3) is 0 Å². The average Bonchev–Trinajstić information content (AvgIpc) is 1.79. The Bertz CT molecular complexity index is 126. The molecule has 2 N–H and O–H groups in total. The van der Waals surface area contributed by atoms with E-state index in [0.717, 1.165) is 6.54 Å². The van der Waals surface area contributed by atoms with E-state index in [1.807, 2.05) is 0 Å². The van der Waals surface area contributed by atoms with Crippen molar-refractivity contribution in [3.63, 3.8) is 0 Å². The molecule has 2 atom stereocenters. The van der Waals surface area contributed by atoms with E-state index in [4.69, 9.17) is 5.73 Å². The Morgan fingerprint density at radius 2 is 1.90 bits per heavy atom. The van der Waals surface area contributed by atoms with E-state index in [0.29, 0.717) is 17.6 Å². The first-order valence-corrected chi connectivity index (χ1v) is 3.95. The van der Waals surface area contributed by atoms with Crippen molar-refractivity contribution in [3.05, 3.63) is 0 Å². The van der Waals surface area contributed by atoms with Gasteiger partial charge < -0.3 is 5.73 Å². The predicted molar refractivity (Wildman–Crippen MR) is 43.9 cm³/mol. The minimum Gasteiger partial charge on any atom is -0.325 e. The van der Waals surface area contributed by atoms with Crippen LogP contribution in [0.3, 0.4) is 0 Å². The maximum atomic E-state index is 5.77. The lowest BCUT2D eigenvalue weighted by molar-refractivity contribution is -0.00759. The molecule has 0 unspecified atom stereocenters. The molecule has 0 aromatic carbocycles. The van der Waals surface area contributed by atoms with Crippen LogP contribution in [0.5, 0.6) is 0 Å². The molecule has 2 heteroatoms. The SMILES string of the molecule is C[C@@H]1[C@@H](N)CN1C(C)(C)C. The van der Waals surface area contributed by atoms with Gasteiger partial charge in [-0.2, -0.15) is 0 Å². The smallest absolute Gasteiger partial charge is 0.0324 e. The summed E-state index contributed by atoms with van der Waals surface area (Å²) in [5.41, 5.74) is 6.07. The molecule has 1 aliphatic rings. The van der Waals surface area contributed by atoms with Gasteiger partial charge in [0.15, 0.2) is 0 Å². The molecule has 1 saturated heterocycles. The average molecular weight is 142 g/mol. The second-order valence-electron chi connectivity index (χ2n) is 4.23. The largest absolute Gasteiger partial charge is 0.325 e. The molecule has 1 fully saturated rings. The highest BCUT2D eigenvalue weighted by atomic mass is 15.3. The van der Waals surface area contributed by atoms with Crippen LogP contribution in [0.15, 0.2) is 0 Å². The lowest BCUT2D eigenvalue weighted by Crippen LogP contribution is -2.68. The van der Waals surface area contributed by atoms with Gasteiger partial charge in [-0.15, -0.1) is 0 Å². The fourth-order valence-corrected chi connectivity index (χ4v) is 1.52. The molecular formula is C8H18N2. The summed E-state index contributed by atoms with van der Waals surface area (Å²) in [4.78, 5) is 2.43. The highest BCUT2D eigenvalue weighted by Gasteiger charge is 2.38. The molecule has 0 bridgehead atoms. The van der Waals surface area contributed by atoms with Gasteiger partial charge in [0.1, 0.15) is 0 Å². The van der Waals surface area contributed by atoms with Crippen molar-refractivity contribution in [2.75, 3.05) is 6.54 Å². The Kier molecular flexibility index (Phi) is 1.77. The van der Waals surface area contributed by atoms with Gasteiger partial charge >= 0.3 is 0 Å². The zero-order valence-corrected chi connectivity index (χ0v) is 7.39. The van der Waals surface area contributed by atoms with Gasteiger partial charge in [0.05, 0.1) is 0 Å². The quantitative estimate of drug-likeness (QED) is 0.542. The minimum atomic E-state index is 0.301. The van der Waals surface area contributed by atoms with Gasteiger partial charge in [0.2, 0.25) is 0 Å². The van der Waals surface area contributed by atoms with E-state index in [1.165, 1.54) is 0 Å². The van der Waals surface area contributed by atoms with Gasteiger partial charge in [-0.3, -0.25) is 4.90 Å². The van der Waals surface area contributed by atoms with E-state index in [2.05, 4.69) is 32.6 Å². The molecule has 0 saturated carbocycles. The topological polar surface area (TPSA) is 29.3 Å². The molecule has 60 valence electrons. The molecule has 0 radical (unpaired) electrons. The minimum absolute atomic E-state index is 0.301. The first-order valence-electron chi connectivity index (χ1n) is 3.95. The lowest BCUT2D eigenvalue weighted by atomic mass is 9.91. The molecule has 0 aromatic heterocycles. The van der Waals surface area contributed by atoms with Crippen LogP contribution >= 0.6 is 0 Å². The summed E-state index contributed by atoms with van der Waals surface area (Å²) in [6, 6.07) is 0.972. The van der Waals surface area contributed by atoms with Crippen LogP contribution in [-0.2, 0) is 0 Å². The molecule has 10 heavy (non-hydrogen) atoms. The van der Waals surface area contributed by atoms with Crippen LogP contribution in [0.1, 0.15) is 27.7 Å². The number of likely N-dealkylation sites (tertiary alicyclic amines) is 1. The summed E-state index contributed by atoms with van der Waals surface area (Å²) < 4.78 is 0. The first kappa shape index (κ1) is 8.02. The van der Waals surface area contributed by atoms with Gasteiger partial charge in [-0.05, 0) is 27.7 Å². The number of nitrogens with two attached hydrogens (primary N) is 1. The van der Waals surface area contributed by atoms with Crippen molar-refractivity contribution >= 4 is 0 Å². The van der Waals surface area contributed by atoms with Crippen molar-refractivity contribution in [1.29, 1.82) is 0 Å². The third-order valence-electron chi connectivity index (χ3n) is 2.38. The summed E-state index contributed by atoms with van der Waals surface area (Å²) in [5, 5.41) is 0. The summed E-state index contributed by atoms with van der Waals surface area (Å²) in [5.74, 6) is 0. The maximum absolute atomic E-state index is 5.77. The van der Waals surface area contributed by atoms with E-state index in [9.17, 15) is 0 Å². The first-order chi connectivity index (χ1) is 4.43. The lowest BCUT2D eigenvalue weighted by Gasteiger charge is -2.52. The zero-order valence-electron chi connectivity index (χ0n) is 7.39. The fourth-order valence-electron chi connectivity index (χ4n) is 1.52. The molecule has 0 aliphatic carbocycles. The van der Waals surface area contributed by atoms with Crippen LogP contribution in [-0.4, -0.2) is 29.1 Å². The summed E-state index contributed by atoms with van der Waals surface area (Å²) in [7, 11) is 0. The van der Waals surface area contributed by atoms with Gasteiger partial charge in [0.25, 0.3) is 0 Å². The van der Waals surface area contributed by atoms with E-state index >= 15 is 0 Å². The molecule has 0 amide bonds. The van der Waals surface area contributed by atoms with E-state index < -0.39 is 0 Å². The van der Waals surface area contributed by atoms with Gasteiger partial charge in [0, 0.05) is 24.2 Å². The number of rotatable bonds is 0. The molecular weight excluding hydrogens is 124 g/mol. The zero-order chi connectivity index (χ0) is 7.94. The second kappa shape index (κ2) is 2.21. The predicted octanol–water partition coefficient (Wildman–Crippen LogP) is 0.816. The summed E-state index contributed by atoms with van der Waals surface area (Å²) >= 11 is 0. The Hall–Kier alpha value is -0.0800. The van der Waals surface area contributed by atoms with Crippen LogP contribution in [0, 0.1) is 0 Å². The number of nitrogens with zero attached hydrogens (tertiary/aromatic N) is 1. The highest BCUT2D eigenvalue weighted by molar-refractivity contribution is 4.97. The number of hydrogen-bond acceptors (Lipinski definition) is 2. The molecule has 0 aromatic rings. The Morgan fingerprint density at radius 3 is 2.00 bits per heavy atom. The third-order valence-corrected chi connectivity index (χ3v) is 2.38. The monoisotopic (exact) mass is 142 g/mol. The van der Waals surface area contributed by atoms with Crippen LogP contribution in [0.2, 0.25) is 0 Å². The van der Waals surface area contributed by atoms with Crippen molar-refractivity contribution in [1.82, 2.24) is 4.90 Å². The Balaban J connectivity index is 2.48. The maximum Gasteiger partial charge on any atom is 0.0324 e. The molecule has 2 nitrogen and oxygen atoms in total. The standard InChI is InChI=1S/C8H18N2/c1-6-7(9)5-10(6)8(2,3)4/h6-7H,5,9H2,1-4H3/t6-,7+/m1/s1. The van der Waals surface area contributed by atoms with Gasteiger partial charge in [-0.1, -0.05) is 0 Å². The van der Waals surface area contributed by atoms with Gasteiger partial charge in [-0.25, -0.2) is 0 Å². The summed E-state index contributed by atoms with van der Waals surface area (Å²) in [6.45, 7) is 9.95. The van der Waals surface area contributed by atoms with Crippen molar-refractivity contribution in [2.24, 2.45) is 5.73 Å². The molecule has 1 heterocycles. The number of hydrogen-bond donors (Lipinski definition) is 1. The Morgan fingerprint density at radius 1 is 1.40 bits per heavy atom. The van der Waals surface area contributed by atoms with Crippen LogP contribution < -0.4 is 5.73 Å². The van der Waals surface area contributed by atoms with Crippen LogP contribution in [0.4, 0.5) is 0 Å². The third kappa shape index (κ3) is 1.18. The van der Waals surface area contributed by atoms with E-state index in [-0.39, 0.29) is 0 Å². The summed E-state index contributed by atoms with van der Waals surface area (Å²) in [6.07, 6.45) is 0. The van der Waals surface area contributed by atoms with E-state index in [1.54, 1.807) is 0 Å². The normalized spacial score (nSPS) is 35.7. The van der Waals surface area contributed by atoms with Crippen molar-refractivity contribution in [3.8, 4) is 0 Å². The Labute approximate surface area is 63.4 Å². The van der Waals surface area contributed by atoms with Crippen molar-refractivity contribution < 1.29 is 0 Å². The van der Waals surface area contributed by atoms with Crippen molar-refractivity contribution in [2.45, 2.75) is 45.3 Å². The molecule has 1 rings (SSSR count). The second-order valence-corrected chi connectivity index (χ2v) is 4.23. The molecule has 0 spiro atoms. The molecule has 1 aliphatic heterocycles. The highest BCUT2D eigenvalue weighted by Crippen LogP contribution is 2.25. The fraction of sp³-hybridized carbons (Fsp3) is 1.00.